The summed E-state index contributed by atoms with van der Waals surface area (Å²) in [6.45, 7) is 6.61. The highest BCUT2D eigenvalue weighted by Crippen LogP contribution is 2.10. The first-order valence-corrected chi connectivity index (χ1v) is 6.42. The lowest BCUT2D eigenvalue weighted by Crippen LogP contribution is -2.34. The summed E-state index contributed by atoms with van der Waals surface area (Å²) in [5, 5.41) is 8.62. The number of ether oxygens (including phenoxy) is 1. The van der Waals surface area contributed by atoms with Gasteiger partial charge >= 0.3 is 6.09 Å². The van der Waals surface area contributed by atoms with Crippen molar-refractivity contribution in [2.45, 2.75) is 58.5 Å². The average Bonchev–Trinajstić information content (AvgIpc) is 2.20. The molecule has 17 heavy (non-hydrogen) atoms. The Balaban J connectivity index is 3.58. The highest BCUT2D eigenvalue weighted by atomic mass is 16.6. The molecule has 0 heterocycles. The van der Waals surface area contributed by atoms with Gasteiger partial charge in [-0.25, -0.2) is 4.79 Å². The number of amides is 1. The van der Waals surface area contributed by atoms with E-state index in [4.69, 9.17) is 9.84 Å². The molecule has 0 aromatic heterocycles. The van der Waals surface area contributed by atoms with Crippen molar-refractivity contribution in [3.63, 3.8) is 0 Å². The molecule has 0 unspecified atom stereocenters. The summed E-state index contributed by atoms with van der Waals surface area (Å²) in [4.78, 5) is 13.2. The summed E-state index contributed by atoms with van der Waals surface area (Å²) in [7, 11) is 1.77. The van der Waals surface area contributed by atoms with E-state index in [0.29, 0.717) is 0 Å². The van der Waals surface area contributed by atoms with Gasteiger partial charge in [-0.3, -0.25) is 0 Å². The molecule has 0 saturated heterocycles. The van der Waals surface area contributed by atoms with Crippen molar-refractivity contribution < 1.29 is 14.6 Å². The molecule has 1 amide bonds. The maximum absolute atomic E-state index is 11.6. The molecule has 0 spiro atoms. The molecule has 0 fully saturated rings. The third-order valence-electron chi connectivity index (χ3n) is 2.36. The average molecular weight is 245 g/mol. The van der Waals surface area contributed by atoms with Crippen LogP contribution in [0, 0.1) is 0 Å². The Morgan fingerprint density at radius 2 is 1.65 bits per heavy atom. The lowest BCUT2D eigenvalue weighted by molar-refractivity contribution is 0.0296. The second-order valence-electron chi connectivity index (χ2n) is 5.39. The molecular weight excluding hydrogens is 218 g/mol. The molecule has 4 nitrogen and oxygen atoms in total. The summed E-state index contributed by atoms with van der Waals surface area (Å²) in [6.07, 6.45) is 4.87. The predicted octanol–water partition coefficient (Wildman–Crippen LogP) is 2.80. The van der Waals surface area contributed by atoms with Gasteiger partial charge in [0.2, 0.25) is 0 Å². The van der Waals surface area contributed by atoms with Crippen LogP contribution in [-0.4, -0.2) is 41.9 Å². The van der Waals surface area contributed by atoms with Gasteiger partial charge in [-0.15, -0.1) is 0 Å². The Hall–Kier alpha value is -0.770. The number of aliphatic hydroxyl groups is 1. The fraction of sp³-hybridized carbons (Fsp3) is 0.923. The normalized spacial score (nSPS) is 11.4. The Morgan fingerprint density at radius 1 is 1.12 bits per heavy atom. The van der Waals surface area contributed by atoms with E-state index in [1.54, 1.807) is 11.9 Å². The molecule has 0 atom stereocenters. The summed E-state index contributed by atoms with van der Waals surface area (Å²) < 4.78 is 5.25. The van der Waals surface area contributed by atoms with Crippen LogP contribution in [0.25, 0.3) is 0 Å². The number of hydrogen-bond donors (Lipinski definition) is 1. The van der Waals surface area contributed by atoms with Gasteiger partial charge in [0.25, 0.3) is 0 Å². The first kappa shape index (κ1) is 16.2. The van der Waals surface area contributed by atoms with Crippen LogP contribution in [0.4, 0.5) is 4.79 Å². The molecule has 0 bridgehead atoms. The summed E-state index contributed by atoms with van der Waals surface area (Å²) >= 11 is 0. The molecule has 0 rings (SSSR count). The summed E-state index contributed by atoms with van der Waals surface area (Å²) in [6, 6.07) is 0. The van der Waals surface area contributed by atoms with Crippen LogP contribution in [-0.2, 0) is 4.74 Å². The molecule has 0 aliphatic rings. The van der Waals surface area contributed by atoms with Crippen LogP contribution >= 0.6 is 0 Å². The molecule has 0 aromatic rings. The van der Waals surface area contributed by atoms with Crippen molar-refractivity contribution in [1.29, 1.82) is 0 Å². The van der Waals surface area contributed by atoms with Gasteiger partial charge in [-0.1, -0.05) is 19.3 Å². The second kappa shape index (κ2) is 8.34. The quantitative estimate of drug-likeness (QED) is 0.702. The number of nitrogens with zero attached hydrogens (tertiary/aromatic N) is 1. The molecule has 4 heteroatoms. The maximum Gasteiger partial charge on any atom is 0.410 e. The second-order valence-corrected chi connectivity index (χ2v) is 5.39. The van der Waals surface area contributed by atoms with Gasteiger partial charge in [0, 0.05) is 20.2 Å². The molecule has 0 saturated carbocycles. The van der Waals surface area contributed by atoms with Crippen LogP contribution in [0.3, 0.4) is 0 Å². The minimum absolute atomic E-state index is 0.257. The largest absolute Gasteiger partial charge is 0.444 e. The highest BCUT2D eigenvalue weighted by Gasteiger charge is 2.18. The van der Waals surface area contributed by atoms with E-state index in [0.717, 1.165) is 38.6 Å². The van der Waals surface area contributed by atoms with Gasteiger partial charge in [-0.05, 0) is 33.6 Å². The zero-order valence-electron chi connectivity index (χ0n) is 11.7. The van der Waals surface area contributed by atoms with Gasteiger partial charge in [0.1, 0.15) is 5.60 Å². The number of carbonyl (C=O) groups excluding carboxylic acids is 1. The lowest BCUT2D eigenvalue weighted by Gasteiger charge is -2.24. The molecule has 1 N–H and O–H groups in total. The van der Waals surface area contributed by atoms with E-state index >= 15 is 0 Å². The fourth-order valence-corrected chi connectivity index (χ4v) is 1.42. The maximum atomic E-state index is 11.6. The first-order valence-electron chi connectivity index (χ1n) is 6.42. The topological polar surface area (TPSA) is 49.8 Å². The Kier molecular flexibility index (Phi) is 7.96. The highest BCUT2D eigenvalue weighted by molar-refractivity contribution is 5.67. The van der Waals surface area contributed by atoms with Crippen LogP contribution in [0.15, 0.2) is 0 Å². The van der Waals surface area contributed by atoms with Crippen molar-refractivity contribution in [1.82, 2.24) is 4.90 Å². The predicted molar refractivity (Wildman–Crippen MR) is 69.0 cm³/mol. The monoisotopic (exact) mass is 245 g/mol. The van der Waals surface area contributed by atoms with E-state index in [9.17, 15) is 4.79 Å². The summed E-state index contributed by atoms with van der Waals surface area (Å²) in [5.41, 5.74) is -0.424. The van der Waals surface area contributed by atoms with Crippen molar-refractivity contribution in [3.8, 4) is 0 Å². The Labute approximate surface area is 105 Å². The van der Waals surface area contributed by atoms with Crippen molar-refractivity contribution in [3.05, 3.63) is 0 Å². The van der Waals surface area contributed by atoms with Gasteiger partial charge in [0.05, 0.1) is 0 Å². The number of carbonyl (C=O) groups is 1. The standard InChI is InChI=1S/C13H27NO3/c1-13(2,3)17-12(16)14(4)10-8-6-5-7-9-11-15/h15H,5-11H2,1-4H3. The van der Waals surface area contributed by atoms with E-state index in [2.05, 4.69) is 0 Å². The number of unbranched alkanes of at least 4 members (excludes halogenated alkanes) is 4. The van der Waals surface area contributed by atoms with Crippen molar-refractivity contribution in [2.75, 3.05) is 20.2 Å². The SMILES string of the molecule is CN(CCCCCCCO)C(=O)OC(C)(C)C. The fourth-order valence-electron chi connectivity index (χ4n) is 1.42. The Morgan fingerprint density at radius 3 is 2.18 bits per heavy atom. The molecule has 0 aliphatic carbocycles. The van der Waals surface area contributed by atoms with E-state index in [1.807, 2.05) is 20.8 Å². The van der Waals surface area contributed by atoms with Crippen molar-refractivity contribution in [2.24, 2.45) is 0 Å². The van der Waals surface area contributed by atoms with Crippen molar-refractivity contribution >= 4 is 6.09 Å². The third-order valence-corrected chi connectivity index (χ3v) is 2.36. The van der Waals surface area contributed by atoms with Crippen LogP contribution in [0.2, 0.25) is 0 Å². The number of rotatable bonds is 7. The number of hydrogen-bond acceptors (Lipinski definition) is 3. The number of aliphatic hydroxyl groups excluding tert-OH is 1. The van der Waals surface area contributed by atoms with Crippen LogP contribution in [0.5, 0.6) is 0 Å². The van der Waals surface area contributed by atoms with Crippen LogP contribution < -0.4 is 0 Å². The Bertz CT molecular complexity index is 211. The lowest BCUT2D eigenvalue weighted by atomic mass is 10.1. The zero-order chi connectivity index (χ0) is 13.3. The summed E-state index contributed by atoms with van der Waals surface area (Å²) in [5.74, 6) is 0. The first-order chi connectivity index (χ1) is 7.87. The smallest absolute Gasteiger partial charge is 0.410 e. The molecule has 0 aliphatic heterocycles. The molecule has 102 valence electrons. The third kappa shape index (κ3) is 10.1. The van der Waals surface area contributed by atoms with Crippen LogP contribution in [0.1, 0.15) is 52.9 Å². The van der Waals surface area contributed by atoms with Gasteiger partial charge in [-0.2, -0.15) is 0 Å². The van der Waals surface area contributed by atoms with E-state index < -0.39 is 5.60 Å². The molecular formula is C13H27NO3. The van der Waals surface area contributed by atoms with Gasteiger partial charge < -0.3 is 14.7 Å². The van der Waals surface area contributed by atoms with E-state index in [-0.39, 0.29) is 12.7 Å². The molecule has 0 aromatic carbocycles. The minimum atomic E-state index is -0.424. The zero-order valence-corrected chi connectivity index (χ0v) is 11.7. The minimum Gasteiger partial charge on any atom is -0.444 e. The molecule has 0 radical (unpaired) electrons. The van der Waals surface area contributed by atoms with E-state index in [1.165, 1.54) is 0 Å². The van der Waals surface area contributed by atoms with Gasteiger partial charge in [0.15, 0.2) is 0 Å².